The molecule has 1 aliphatic carbocycles. The van der Waals surface area contributed by atoms with E-state index in [0.29, 0.717) is 64.3 Å². The molecule has 3 N–H and O–H groups in total. The summed E-state index contributed by atoms with van der Waals surface area (Å²) in [6.45, 7) is -0.479. The molecule has 1 atom stereocenters. The van der Waals surface area contributed by atoms with E-state index in [-0.39, 0.29) is 24.1 Å². The molecule has 4 heterocycles. The molecule has 11 nitrogen and oxygen atoms in total. The number of rotatable bonds is 9. The van der Waals surface area contributed by atoms with E-state index in [1.165, 1.54) is 26.2 Å². The van der Waals surface area contributed by atoms with Crippen LogP contribution < -0.4 is 10.6 Å². The van der Waals surface area contributed by atoms with Crippen LogP contribution in [0.1, 0.15) is 73.7 Å². The van der Waals surface area contributed by atoms with E-state index in [1.54, 1.807) is 22.7 Å². The minimum atomic E-state index is -2.74. The summed E-state index contributed by atoms with van der Waals surface area (Å²) >= 11 is 0. The summed E-state index contributed by atoms with van der Waals surface area (Å²) in [6.07, 6.45) is 4.87. The van der Waals surface area contributed by atoms with Gasteiger partial charge >= 0.3 is 6.55 Å². The zero-order chi connectivity index (χ0) is 30.0. The van der Waals surface area contributed by atoms with Crippen molar-refractivity contribution in [2.75, 3.05) is 11.9 Å². The van der Waals surface area contributed by atoms with Crippen molar-refractivity contribution < 1.29 is 23.1 Å². The zero-order valence-electron chi connectivity index (χ0n) is 23.0. The van der Waals surface area contributed by atoms with Crippen LogP contribution in [0.5, 0.6) is 0 Å². The van der Waals surface area contributed by atoms with Gasteiger partial charge in [-0.25, -0.2) is 13.9 Å². The van der Waals surface area contributed by atoms with E-state index >= 15 is 0 Å². The van der Waals surface area contributed by atoms with Crippen LogP contribution in [0.3, 0.4) is 0 Å². The Kier molecular flexibility index (Phi) is 8.13. The molecular formula is C28H30F3N9O2. The third kappa shape index (κ3) is 6.20. The largest absolute Gasteiger partial charge is 0.387 e. The first kappa shape index (κ1) is 29.0. The number of nitrogens with one attached hydrogen (secondary N) is 2. The van der Waals surface area contributed by atoms with E-state index in [9.17, 15) is 28.3 Å². The molecule has 14 heteroatoms. The number of alkyl halides is 3. The monoisotopic (exact) mass is 581 g/mol. The standard InChI is InChI=1S/C28H30F3N9O2/c1-28(2,42)24(29)14-34-26(41)20-13-33-22(23-8-7-19-9-16(11-32)12-36-40(19)23)10-21(20)37-18-5-3-17(4-6-18)25-35-15-39(38-25)27(30)31/h7-10,12-13,15,17-18,24,27,42H,3-6,14H2,1-2H3,(H,33,37)(H,34,41). The van der Waals surface area contributed by atoms with Crippen LogP contribution in [0.4, 0.5) is 18.9 Å². The predicted octanol–water partition coefficient (Wildman–Crippen LogP) is 4.23. The summed E-state index contributed by atoms with van der Waals surface area (Å²) in [4.78, 5) is 21.7. The fraction of sp³-hybridized carbons (Fsp3) is 0.429. The highest BCUT2D eigenvalue weighted by molar-refractivity contribution is 6.00. The molecule has 0 radical (unpaired) electrons. The van der Waals surface area contributed by atoms with Crippen molar-refractivity contribution in [2.45, 2.75) is 69.8 Å². The molecule has 0 saturated heterocycles. The molecule has 0 spiro atoms. The van der Waals surface area contributed by atoms with Crippen molar-refractivity contribution in [3.63, 3.8) is 0 Å². The average Bonchev–Trinajstić information content (AvgIpc) is 3.63. The van der Waals surface area contributed by atoms with Crippen LogP contribution in [-0.4, -0.2) is 64.7 Å². The van der Waals surface area contributed by atoms with Gasteiger partial charge in [0.2, 0.25) is 0 Å². The van der Waals surface area contributed by atoms with Gasteiger partial charge in [0.1, 0.15) is 18.6 Å². The molecule has 0 aliphatic heterocycles. The maximum atomic E-state index is 14.4. The number of amides is 1. The smallest absolute Gasteiger partial charge is 0.334 e. The Morgan fingerprint density at radius 2 is 1.93 bits per heavy atom. The molecule has 4 aromatic heterocycles. The highest BCUT2D eigenvalue weighted by Crippen LogP contribution is 2.34. The summed E-state index contributed by atoms with van der Waals surface area (Å²) in [5.41, 5.74) is 1.32. The molecule has 0 aromatic carbocycles. The third-order valence-corrected chi connectivity index (χ3v) is 7.43. The number of halogens is 3. The maximum absolute atomic E-state index is 14.4. The molecule has 1 unspecified atom stereocenters. The normalized spacial score (nSPS) is 18.1. The number of hydrogen-bond donors (Lipinski definition) is 3. The number of anilines is 1. The number of carbonyl (C=O) groups is 1. The van der Waals surface area contributed by atoms with E-state index in [1.807, 2.05) is 6.07 Å². The number of hydrogen-bond acceptors (Lipinski definition) is 8. The predicted molar refractivity (Wildman–Crippen MR) is 147 cm³/mol. The molecule has 1 aliphatic rings. The van der Waals surface area contributed by atoms with Gasteiger partial charge in [-0.05, 0) is 63.8 Å². The Morgan fingerprint density at radius 3 is 2.60 bits per heavy atom. The van der Waals surface area contributed by atoms with Gasteiger partial charge in [-0.1, -0.05) is 0 Å². The summed E-state index contributed by atoms with van der Waals surface area (Å²) in [5, 5.41) is 33.3. The molecule has 1 saturated carbocycles. The molecular weight excluding hydrogens is 551 g/mol. The Balaban J connectivity index is 1.38. The van der Waals surface area contributed by atoms with Crippen molar-refractivity contribution >= 4 is 17.1 Å². The molecule has 1 fully saturated rings. The minimum Gasteiger partial charge on any atom is -0.387 e. The minimum absolute atomic E-state index is 0.0501. The fourth-order valence-corrected chi connectivity index (χ4v) is 4.96. The lowest BCUT2D eigenvalue weighted by atomic mass is 9.85. The van der Waals surface area contributed by atoms with E-state index in [4.69, 9.17) is 0 Å². The zero-order valence-corrected chi connectivity index (χ0v) is 23.0. The lowest BCUT2D eigenvalue weighted by molar-refractivity contribution is -0.00178. The second-order valence-electron chi connectivity index (χ2n) is 10.9. The lowest BCUT2D eigenvalue weighted by Gasteiger charge is -2.29. The first-order valence-electron chi connectivity index (χ1n) is 13.5. The van der Waals surface area contributed by atoms with Crippen LogP contribution in [0, 0.1) is 11.3 Å². The first-order chi connectivity index (χ1) is 20.0. The highest BCUT2D eigenvalue weighted by Gasteiger charge is 2.29. The van der Waals surface area contributed by atoms with E-state index < -0.39 is 24.2 Å². The SMILES string of the molecule is CC(C)(O)C(F)CNC(=O)c1cnc(-c2ccc3cc(C#N)cnn23)cc1NC1CCC(c2ncn(C(F)F)n2)CC1. The van der Waals surface area contributed by atoms with Crippen LogP contribution in [0.2, 0.25) is 0 Å². The van der Waals surface area contributed by atoms with Gasteiger partial charge in [0.15, 0.2) is 5.82 Å². The van der Waals surface area contributed by atoms with Gasteiger partial charge in [0.05, 0.1) is 52.1 Å². The fourth-order valence-electron chi connectivity index (χ4n) is 4.96. The molecule has 220 valence electrons. The van der Waals surface area contributed by atoms with Crippen molar-refractivity contribution in [3.05, 3.63) is 59.9 Å². The molecule has 0 bridgehead atoms. The van der Waals surface area contributed by atoms with E-state index in [0.717, 1.165) is 6.33 Å². The molecule has 5 rings (SSSR count). The van der Waals surface area contributed by atoms with Gasteiger partial charge in [0, 0.05) is 18.2 Å². The number of aromatic nitrogens is 6. The highest BCUT2D eigenvalue weighted by atomic mass is 19.3. The van der Waals surface area contributed by atoms with Gasteiger partial charge in [-0.3, -0.25) is 9.78 Å². The Bertz CT molecular complexity index is 1610. The van der Waals surface area contributed by atoms with Crippen LogP contribution in [0.15, 0.2) is 43.0 Å². The Labute approximate surface area is 239 Å². The number of fused-ring (bicyclic) bond motifs is 1. The summed E-state index contributed by atoms with van der Waals surface area (Å²) in [5.74, 6) is -0.228. The van der Waals surface area contributed by atoms with Gasteiger partial charge in [-0.15, -0.1) is 0 Å². The number of aliphatic hydroxyl groups is 1. The van der Waals surface area contributed by atoms with Crippen molar-refractivity contribution in [1.29, 1.82) is 5.26 Å². The average molecular weight is 582 g/mol. The molecule has 42 heavy (non-hydrogen) atoms. The summed E-state index contributed by atoms with van der Waals surface area (Å²) in [6, 6.07) is 9.05. The molecule has 1 amide bonds. The van der Waals surface area contributed by atoms with Crippen LogP contribution >= 0.6 is 0 Å². The third-order valence-electron chi connectivity index (χ3n) is 7.43. The van der Waals surface area contributed by atoms with Gasteiger partial charge < -0.3 is 15.7 Å². The summed E-state index contributed by atoms with van der Waals surface area (Å²) < 4.78 is 42.4. The Hall–Kier alpha value is -4.51. The van der Waals surface area contributed by atoms with Crippen LogP contribution in [-0.2, 0) is 0 Å². The number of pyridine rings is 1. The van der Waals surface area contributed by atoms with Gasteiger partial charge in [0.25, 0.3) is 5.91 Å². The van der Waals surface area contributed by atoms with Crippen molar-refractivity contribution in [3.8, 4) is 17.5 Å². The molecule has 4 aromatic rings. The van der Waals surface area contributed by atoms with Crippen LogP contribution in [0.25, 0.3) is 16.9 Å². The van der Waals surface area contributed by atoms with Gasteiger partial charge in [-0.2, -0.15) is 28.9 Å². The van der Waals surface area contributed by atoms with E-state index in [2.05, 4.69) is 36.9 Å². The Morgan fingerprint density at radius 1 is 1.17 bits per heavy atom. The second kappa shape index (κ2) is 11.8. The first-order valence-corrected chi connectivity index (χ1v) is 13.5. The topological polar surface area (TPSA) is 146 Å². The lowest BCUT2D eigenvalue weighted by Crippen LogP contribution is -2.42. The quantitative estimate of drug-likeness (QED) is 0.266. The van der Waals surface area contributed by atoms with Crippen molar-refractivity contribution in [2.24, 2.45) is 0 Å². The maximum Gasteiger partial charge on any atom is 0.334 e. The number of nitrogens with zero attached hydrogens (tertiary/aromatic N) is 7. The number of carbonyl (C=O) groups excluding carboxylic acids is 1. The van der Waals surface area contributed by atoms with Crippen molar-refractivity contribution in [1.82, 2.24) is 34.7 Å². The number of nitriles is 1. The second-order valence-corrected chi connectivity index (χ2v) is 10.9. The summed E-state index contributed by atoms with van der Waals surface area (Å²) in [7, 11) is 0.